The van der Waals surface area contributed by atoms with Crippen LogP contribution in [-0.2, 0) is 16.0 Å². The summed E-state index contributed by atoms with van der Waals surface area (Å²) in [6.45, 7) is 3.88. The summed E-state index contributed by atoms with van der Waals surface area (Å²) in [6, 6.07) is 13.6. The number of esters is 1. The molecule has 0 aliphatic heterocycles. The molecule has 7 heteroatoms. The van der Waals surface area contributed by atoms with Gasteiger partial charge in [0.05, 0.1) is 11.6 Å². The van der Waals surface area contributed by atoms with Gasteiger partial charge in [0, 0.05) is 10.9 Å². The van der Waals surface area contributed by atoms with Gasteiger partial charge >= 0.3 is 5.97 Å². The lowest BCUT2D eigenvalue weighted by Gasteiger charge is -2.10. The van der Waals surface area contributed by atoms with Gasteiger partial charge in [-0.25, -0.2) is 4.79 Å². The topological polar surface area (TPSA) is 64.6 Å². The first-order valence-corrected chi connectivity index (χ1v) is 11.1. The smallest absolute Gasteiger partial charge is 0.341 e. The molecule has 3 rings (SSSR count). The summed E-state index contributed by atoms with van der Waals surface area (Å²) in [5.74, 6) is -0.280. The van der Waals surface area contributed by atoms with Crippen molar-refractivity contribution >= 4 is 44.1 Å². The highest BCUT2D eigenvalue weighted by Gasteiger charge is 2.22. The van der Waals surface area contributed by atoms with Gasteiger partial charge in [-0.3, -0.25) is 4.79 Å². The molecule has 1 N–H and O–H groups in total. The number of nitrogens with one attached hydrogen (secondary N) is 1. The third kappa shape index (κ3) is 5.09. The molecule has 1 aromatic heterocycles. The van der Waals surface area contributed by atoms with Crippen molar-refractivity contribution in [3.63, 3.8) is 0 Å². The van der Waals surface area contributed by atoms with Gasteiger partial charge in [0.25, 0.3) is 5.91 Å². The Morgan fingerprint density at radius 2 is 1.87 bits per heavy atom. The van der Waals surface area contributed by atoms with E-state index in [-0.39, 0.29) is 12.5 Å². The van der Waals surface area contributed by atoms with E-state index < -0.39 is 5.97 Å². The number of methoxy groups -OCH3 is 1. The second-order valence-electron chi connectivity index (χ2n) is 6.67. The summed E-state index contributed by atoms with van der Waals surface area (Å²) < 4.78 is 11.3. The van der Waals surface area contributed by atoms with Crippen LogP contribution in [0.25, 0.3) is 11.1 Å². The Bertz CT molecular complexity index is 1060. The monoisotopic (exact) mass is 487 g/mol. The fraction of sp³-hybridized carbons (Fsp3) is 0.217. The van der Waals surface area contributed by atoms with E-state index >= 15 is 0 Å². The number of carbonyl (C=O) groups excluding carboxylic acids is 2. The largest absolute Gasteiger partial charge is 0.483 e. The number of rotatable bonds is 7. The second-order valence-corrected chi connectivity index (χ2v) is 8.40. The Hall–Kier alpha value is -2.64. The minimum absolute atomic E-state index is 0.180. The van der Waals surface area contributed by atoms with Crippen molar-refractivity contribution in [1.29, 1.82) is 0 Å². The Balaban J connectivity index is 1.78. The highest BCUT2D eigenvalue weighted by Crippen LogP contribution is 2.36. The molecule has 1 heterocycles. The molecule has 30 heavy (non-hydrogen) atoms. The maximum absolute atomic E-state index is 12.5. The molecule has 0 fully saturated rings. The Morgan fingerprint density at radius 3 is 2.50 bits per heavy atom. The molecular weight excluding hydrogens is 466 g/mol. The minimum Gasteiger partial charge on any atom is -0.483 e. The molecule has 3 aromatic rings. The Kier molecular flexibility index (Phi) is 7.29. The van der Waals surface area contributed by atoms with Crippen LogP contribution in [-0.4, -0.2) is 25.6 Å². The van der Waals surface area contributed by atoms with E-state index in [1.165, 1.54) is 24.0 Å². The number of carbonyl (C=O) groups is 2. The van der Waals surface area contributed by atoms with Gasteiger partial charge in [-0.15, -0.1) is 11.3 Å². The van der Waals surface area contributed by atoms with Crippen LogP contribution < -0.4 is 10.1 Å². The van der Waals surface area contributed by atoms with Crippen LogP contribution in [0, 0.1) is 6.92 Å². The second kappa shape index (κ2) is 9.91. The number of halogens is 1. The highest BCUT2D eigenvalue weighted by atomic mass is 79.9. The van der Waals surface area contributed by atoms with Gasteiger partial charge in [-0.1, -0.05) is 37.3 Å². The molecule has 0 bridgehead atoms. The molecule has 1 amide bonds. The number of hydrogen-bond acceptors (Lipinski definition) is 5. The lowest BCUT2D eigenvalue weighted by Crippen LogP contribution is -2.21. The molecule has 0 unspecified atom stereocenters. The lowest BCUT2D eigenvalue weighted by molar-refractivity contribution is -0.118. The number of thiophene rings is 1. The predicted octanol–water partition coefficient (Wildman–Crippen LogP) is 5.85. The minimum atomic E-state index is -0.497. The van der Waals surface area contributed by atoms with Crippen molar-refractivity contribution in [2.45, 2.75) is 20.3 Å². The molecule has 0 spiro atoms. The van der Waals surface area contributed by atoms with Crippen LogP contribution in [0.2, 0.25) is 0 Å². The van der Waals surface area contributed by atoms with Crippen molar-refractivity contribution in [3.05, 3.63) is 69.0 Å². The summed E-state index contributed by atoms with van der Waals surface area (Å²) in [7, 11) is 1.33. The van der Waals surface area contributed by atoms with Crippen LogP contribution in [0.1, 0.15) is 28.4 Å². The fourth-order valence-corrected chi connectivity index (χ4v) is 4.50. The number of amides is 1. The van der Waals surface area contributed by atoms with E-state index in [0.29, 0.717) is 16.3 Å². The summed E-state index contributed by atoms with van der Waals surface area (Å²) in [4.78, 5) is 24.9. The van der Waals surface area contributed by atoms with Crippen LogP contribution in [0.3, 0.4) is 0 Å². The quantitative estimate of drug-likeness (QED) is 0.424. The van der Waals surface area contributed by atoms with Gasteiger partial charge in [-0.2, -0.15) is 0 Å². The number of anilines is 1. The molecule has 5 nitrogen and oxygen atoms in total. The molecule has 0 saturated heterocycles. The third-order valence-corrected chi connectivity index (χ3v) is 6.07. The number of ether oxygens (including phenoxy) is 2. The van der Waals surface area contributed by atoms with Crippen molar-refractivity contribution in [1.82, 2.24) is 0 Å². The van der Waals surface area contributed by atoms with Crippen molar-refractivity contribution in [2.75, 3.05) is 19.0 Å². The first-order chi connectivity index (χ1) is 14.4. The summed E-state index contributed by atoms with van der Waals surface area (Å²) >= 11 is 4.71. The molecule has 0 aliphatic carbocycles. The molecule has 2 aromatic carbocycles. The molecule has 156 valence electrons. The summed E-state index contributed by atoms with van der Waals surface area (Å²) in [5.41, 5.74) is 4.26. The summed E-state index contributed by atoms with van der Waals surface area (Å²) in [6.07, 6.45) is 0.937. The molecule has 0 saturated carbocycles. The highest BCUT2D eigenvalue weighted by molar-refractivity contribution is 9.10. The average molecular weight is 488 g/mol. The van der Waals surface area contributed by atoms with Crippen molar-refractivity contribution in [2.24, 2.45) is 0 Å². The maximum Gasteiger partial charge on any atom is 0.341 e. The number of hydrogen-bond donors (Lipinski definition) is 1. The third-order valence-electron chi connectivity index (χ3n) is 4.55. The Morgan fingerprint density at radius 1 is 1.13 bits per heavy atom. The molecular formula is C23H22BrNO4S. The van der Waals surface area contributed by atoms with E-state index in [1.807, 2.05) is 48.7 Å². The summed E-state index contributed by atoms with van der Waals surface area (Å²) in [5, 5.41) is 5.06. The number of aryl methyl sites for hydroxylation is 2. The van der Waals surface area contributed by atoms with Crippen LogP contribution in [0.4, 0.5) is 5.00 Å². The van der Waals surface area contributed by atoms with E-state index in [2.05, 4.69) is 28.2 Å². The van der Waals surface area contributed by atoms with Gasteiger partial charge in [0.2, 0.25) is 0 Å². The number of benzene rings is 2. The van der Waals surface area contributed by atoms with Gasteiger partial charge in [-0.05, 0) is 58.1 Å². The van der Waals surface area contributed by atoms with E-state index in [0.717, 1.165) is 27.6 Å². The first kappa shape index (κ1) is 22.1. The molecule has 0 atom stereocenters. The van der Waals surface area contributed by atoms with Gasteiger partial charge in [0.15, 0.2) is 6.61 Å². The van der Waals surface area contributed by atoms with E-state index in [9.17, 15) is 9.59 Å². The lowest BCUT2D eigenvalue weighted by atomic mass is 10.0. The first-order valence-electron chi connectivity index (χ1n) is 9.40. The predicted molar refractivity (Wildman–Crippen MR) is 123 cm³/mol. The zero-order chi connectivity index (χ0) is 21.7. The van der Waals surface area contributed by atoms with E-state index in [1.54, 1.807) is 6.07 Å². The normalized spacial score (nSPS) is 10.5. The molecule has 0 aliphatic rings. The zero-order valence-corrected chi connectivity index (χ0v) is 19.4. The van der Waals surface area contributed by atoms with Gasteiger partial charge in [0.1, 0.15) is 16.3 Å². The zero-order valence-electron chi connectivity index (χ0n) is 17.0. The SMILES string of the molecule is CCc1ccc(-c2csc(NC(=O)COc3ccc(C)cc3Br)c2C(=O)OC)cc1. The van der Waals surface area contributed by atoms with Crippen LogP contribution >= 0.6 is 27.3 Å². The Labute approximate surface area is 188 Å². The molecule has 0 radical (unpaired) electrons. The average Bonchev–Trinajstić information content (AvgIpc) is 3.16. The van der Waals surface area contributed by atoms with Crippen LogP contribution in [0.15, 0.2) is 52.3 Å². The van der Waals surface area contributed by atoms with Crippen LogP contribution in [0.5, 0.6) is 5.75 Å². The standard InChI is InChI=1S/C23H22BrNO4S/c1-4-15-6-8-16(9-7-15)17-13-30-22(21(17)23(27)28-3)25-20(26)12-29-19-10-5-14(2)11-18(19)24/h5-11,13H,4,12H2,1-3H3,(H,25,26). The van der Waals surface area contributed by atoms with Crippen molar-refractivity contribution in [3.8, 4) is 16.9 Å². The maximum atomic E-state index is 12.5. The van der Waals surface area contributed by atoms with Gasteiger partial charge < -0.3 is 14.8 Å². The van der Waals surface area contributed by atoms with E-state index in [4.69, 9.17) is 9.47 Å². The van der Waals surface area contributed by atoms with Crippen molar-refractivity contribution < 1.29 is 19.1 Å². The fourth-order valence-electron chi connectivity index (χ4n) is 2.92.